The molecule has 21 heavy (non-hydrogen) atoms. The van der Waals surface area contributed by atoms with E-state index in [1.807, 2.05) is 0 Å². The van der Waals surface area contributed by atoms with E-state index in [1.54, 1.807) is 0 Å². The van der Waals surface area contributed by atoms with Crippen molar-refractivity contribution < 1.29 is 0 Å². The van der Waals surface area contributed by atoms with Crippen LogP contribution in [-0.2, 0) is 12.8 Å². The van der Waals surface area contributed by atoms with Gasteiger partial charge in [-0.1, -0.05) is 73.7 Å². The number of benzene rings is 3. The lowest BCUT2D eigenvalue weighted by Crippen LogP contribution is -1.96. The van der Waals surface area contributed by atoms with Crippen LogP contribution in [0.1, 0.15) is 29.0 Å². The number of halogens is 1. The monoisotopic (exact) mass is 294 g/mol. The molecule has 3 aromatic carbocycles. The summed E-state index contributed by atoms with van der Waals surface area (Å²) >= 11 is 6.59. The fourth-order valence-electron chi connectivity index (χ4n) is 2.65. The van der Waals surface area contributed by atoms with Gasteiger partial charge in [0.25, 0.3) is 0 Å². The Morgan fingerprint density at radius 1 is 0.810 bits per heavy atom. The summed E-state index contributed by atoms with van der Waals surface area (Å²) in [5.74, 6) is 0. The van der Waals surface area contributed by atoms with Crippen molar-refractivity contribution in [2.75, 3.05) is 0 Å². The van der Waals surface area contributed by atoms with E-state index in [9.17, 15) is 0 Å². The van der Waals surface area contributed by atoms with E-state index in [0.717, 1.165) is 12.8 Å². The minimum atomic E-state index is 0.0251. The van der Waals surface area contributed by atoms with Gasteiger partial charge in [-0.2, -0.15) is 0 Å². The summed E-state index contributed by atoms with van der Waals surface area (Å²) in [6, 6.07) is 23.7. The van der Waals surface area contributed by atoms with E-state index < -0.39 is 0 Å². The second-order valence-electron chi connectivity index (χ2n) is 5.45. The molecule has 0 bridgehead atoms. The molecule has 106 valence electrons. The average molecular weight is 295 g/mol. The molecular weight excluding hydrogens is 276 g/mol. The van der Waals surface area contributed by atoms with E-state index in [1.165, 1.54) is 27.5 Å². The largest absolute Gasteiger partial charge is 0.117 e. The molecule has 0 spiro atoms. The average Bonchev–Trinajstić information content (AvgIpc) is 2.55. The SMILES string of the molecule is CCc1ccc(C(Cl)Cc2ccc3ccccc3c2)cc1. The predicted octanol–water partition coefficient (Wildman–Crippen LogP) is 5.92. The van der Waals surface area contributed by atoms with E-state index in [4.69, 9.17) is 11.6 Å². The molecule has 0 N–H and O–H groups in total. The van der Waals surface area contributed by atoms with Crippen molar-refractivity contribution in [2.24, 2.45) is 0 Å². The molecule has 1 heteroatoms. The number of hydrogen-bond donors (Lipinski definition) is 0. The van der Waals surface area contributed by atoms with Crippen LogP contribution in [0.25, 0.3) is 10.8 Å². The lowest BCUT2D eigenvalue weighted by Gasteiger charge is -2.11. The molecule has 0 aliphatic heterocycles. The van der Waals surface area contributed by atoms with E-state index in [2.05, 4.69) is 73.7 Å². The quantitative estimate of drug-likeness (QED) is 0.524. The highest BCUT2D eigenvalue weighted by molar-refractivity contribution is 6.20. The van der Waals surface area contributed by atoms with E-state index >= 15 is 0 Å². The highest BCUT2D eigenvalue weighted by atomic mass is 35.5. The molecule has 3 rings (SSSR count). The Bertz CT molecular complexity index is 728. The molecule has 0 aromatic heterocycles. The second kappa shape index (κ2) is 6.32. The first-order chi connectivity index (χ1) is 10.3. The molecule has 0 saturated heterocycles. The maximum atomic E-state index is 6.59. The van der Waals surface area contributed by atoms with Crippen LogP contribution in [0.15, 0.2) is 66.7 Å². The lowest BCUT2D eigenvalue weighted by molar-refractivity contribution is 0.919. The Hall–Kier alpha value is -1.79. The molecule has 1 unspecified atom stereocenters. The molecule has 3 aromatic rings. The summed E-state index contributed by atoms with van der Waals surface area (Å²) in [5.41, 5.74) is 3.84. The second-order valence-corrected chi connectivity index (χ2v) is 5.98. The fraction of sp³-hybridized carbons (Fsp3) is 0.200. The molecule has 0 fully saturated rings. The number of alkyl halides is 1. The first kappa shape index (κ1) is 14.2. The van der Waals surface area contributed by atoms with Gasteiger partial charge in [0.05, 0.1) is 5.38 Å². The first-order valence-corrected chi connectivity index (χ1v) is 7.90. The molecule has 0 nitrogen and oxygen atoms in total. The highest BCUT2D eigenvalue weighted by Gasteiger charge is 2.09. The van der Waals surface area contributed by atoms with Gasteiger partial charge in [-0.05, 0) is 40.3 Å². The smallest absolute Gasteiger partial charge is 0.0625 e. The summed E-state index contributed by atoms with van der Waals surface area (Å²) in [6.45, 7) is 2.17. The Morgan fingerprint density at radius 3 is 2.19 bits per heavy atom. The Balaban J connectivity index is 1.79. The van der Waals surface area contributed by atoms with E-state index in [0.29, 0.717) is 0 Å². The third-order valence-corrected chi connectivity index (χ3v) is 4.38. The zero-order chi connectivity index (χ0) is 14.7. The Kier molecular flexibility index (Phi) is 4.26. The molecule has 0 aliphatic carbocycles. The molecule has 0 radical (unpaired) electrons. The summed E-state index contributed by atoms with van der Waals surface area (Å²) in [5, 5.41) is 2.58. The fourth-order valence-corrected chi connectivity index (χ4v) is 2.98. The maximum Gasteiger partial charge on any atom is 0.0625 e. The first-order valence-electron chi connectivity index (χ1n) is 7.47. The van der Waals surface area contributed by atoms with Gasteiger partial charge in [0.1, 0.15) is 0 Å². The van der Waals surface area contributed by atoms with Crippen LogP contribution >= 0.6 is 11.6 Å². The zero-order valence-corrected chi connectivity index (χ0v) is 13.0. The van der Waals surface area contributed by atoms with Gasteiger partial charge >= 0.3 is 0 Å². The van der Waals surface area contributed by atoms with Gasteiger partial charge in [0.2, 0.25) is 0 Å². The molecule has 0 aliphatic rings. The lowest BCUT2D eigenvalue weighted by atomic mass is 10.00. The van der Waals surface area contributed by atoms with Crippen LogP contribution < -0.4 is 0 Å². The maximum absolute atomic E-state index is 6.59. The Morgan fingerprint density at radius 2 is 1.48 bits per heavy atom. The van der Waals surface area contributed by atoms with Crippen molar-refractivity contribution in [3.05, 3.63) is 83.4 Å². The molecule has 0 heterocycles. The summed E-state index contributed by atoms with van der Waals surface area (Å²) < 4.78 is 0. The van der Waals surface area contributed by atoms with Crippen LogP contribution in [0.2, 0.25) is 0 Å². The number of hydrogen-bond acceptors (Lipinski definition) is 0. The van der Waals surface area contributed by atoms with Crippen LogP contribution in [0.4, 0.5) is 0 Å². The van der Waals surface area contributed by atoms with Gasteiger partial charge in [-0.15, -0.1) is 11.6 Å². The van der Waals surface area contributed by atoms with Crippen LogP contribution in [0.3, 0.4) is 0 Å². The minimum Gasteiger partial charge on any atom is -0.117 e. The summed E-state index contributed by atoms with van der Waals surface area (Å²) in [7, 11) is 0. The molecule has 0 amide bonds. The highest BCUT2D eigenvalue weighted by Crippen LogP contribution is 2.27. The summed E-state index contributed by atoms with van der Waals surface area (Å²) in [4.78, 5) is 0. The van der Waals surface area contributed by atoms with Gasteiger partial charge in [0.15, 0.2) is 0 Å². The number of aryl methyl sites for hydroxylation is 1. The number of rotatable bonds is 4. The van der Waals surface area contributed by atoms with Gasteiger partial charge in [-0.3, -0.25) is 0 Å². The van der Waals surface area contributed by atoms with Crippen molar-refractivity contribution >= 4 is 22.4 Å². The van der Waals surface area contributed by atoms with Crippen molar-refractivity contribution in [3.8, 4) is 0 Å². The van der Waals surface area contributed by atoms with E-state index in [-0.39, 0.29) is 5.38 Å². The van der Waals surface area contributed by atoms with Crippen LogP contribution in [0.5, 0.6) is 0 Å². The standard InChI is InChI=1S/C20H19Cl/c1-2-15-7-11-18(12-8-15)20(21)14-16-9-10-17-5-3-4-6-19(17)13-16/h3-13,20H,2,14H2,1H3. The molecule has 0 saturated carbocycles. The topological polar surface area (TPSA) is 0 Å². The van der Waals surface area contributed by atoms with Crippen molar-refractivity contribution in [1.29, 1.82) is 0 Å². The molecule has 1 atom stereocenters. The van der Waals surface area contributed by atoms with Crippen molar-refractivity contribution in [2.45, 2.75) is 25.1 Å². The van der Waals surface area contributed by atoms with Crippen LogP contribution in [0, 0.1) is 0 Å². The van der Waals surface area contributed by atoms with Crippen molar-refractivity contribution in [3.63, 3.8) is 0 Å². The normalized spacial score (nSPS) is 12.5. The zero-order valence-electron chi connectivity index (χ0n) is 12.2. The minimum absolute atomic E-state index is 0.0251. The van der Waals surface area contributed by atoms with Crippen molar-refractivity contribution in [1.82, 2.24) is 0 Å². The Labute approximate surface area is 131 Å². The number of fused-ring (bicyclic) bond motifs is 1. The van der Waals surface area contributed by atoms with Gasteiger partial charge < -0.3 is 0 Å². The third kappa shape index (κ3) is 3.28. The third-order valence-electron chi connectivity index (χ3n) is 3.98. The van der Waals surface area contributed by atoms with Gasteiger partial charge in [0, 0.05) is 0 Å². The van der Waals surface area contributed by atoms with Crippen LogP contribution in [-0.4, -0.2) is 0 Å². The van der Waals surface area contributed by atoms with Gasteiger partial charge in [-0.25, -0.2) is 0 Å². The summed E-state index contributed by atoms with van der Waals surface area (Å²) in [6.07, 6.45) is 1.93. The predicted molar refractivity (Wildman–Crippen MR) is 92.1 cm³/mol. The molecular formula is C20H19Cl.